The fourth-order valence-corrected chi connectivity index (χ4v) is 3.20. The lowest BCUT2D eigenvalue weighted by Crippen LogP contribution is -2.39. The Labute approximate surface area is 148 Å². The van der Waals surface area contributed by atoms with Crippen LogP contribution in [0.15, 0.2) is 45.5 Å². The quantitative estimate of drug-likeness (QED) is 0.805. The molecule has 126 valence electrons. The van der Waals surface area contributed by atoms with E-state index in [1.54, 1.807) is 13.0 Å². The monoisotopic (exact) mass is 391 g/mol. The highest BCUT2D eigenvalue weighted by Crippen LogP contribution is 2.29. The lowest BCUT2D eigenvalue weighted by atomic mass is 9.87. The summed E-state index contributed by atoms with van der Waals surface area (Å²) in [4.78, 5) is 24.3. The van der Waals surface area contributed by atoms with Crippen molar-refractivity contribution in [1.82, 2.24) is 5.32 Å². The summed E-state index contributed by atoms with van der Waals surface area (Å²) in [7, 11) is 0. The zero-order valence-corrected chi connectivity index (χ0v) is 14.8. The first-order valence-electron chi connectivity index (χ1n) is 7.89. The van der Waals surface area contributed by atoms with Crippen LogP contribution in [-0.4, -0.2) is 18.0 Å². The standard InChI is InChI=1S/C18H18BrNO4/c1-11(23-18(22)15-9-10-16(19)24-15)17(21)20-14-8-4-6-12-5-2-3-7-13(12)14/h2-3,5,7,9-11,14H,4,6,8H2,1H3,(H,20,21)/t11-,14-/m0/s1. The minimum atomic E-state index is -0.893. The molecule has 1 heterocycles. The fraction of sp³-hybridized carbons (Fsp3) is 0.333. The molecule has 2 atom stereocenters. The van der Waals surface area contributed by atoms with Crippen molar-refractivity contribution in [2.45, 2.75) is 38.3 Å². The second-order valence-electron chi connectivity index (χ2n) is 5.80. The van der Waals surface area contributed by atoms with Crippen LogP contribution >= 0.6 is 15.9 Å². The van der Waals surface area contributed by atoms with E-state index in [2.05, 4.69) is 27.3 Å². The zero-order chi connectivity index (χ0) is 17.1. The van der Waals surface area contributed by atoms with Crippen molar-refractivity contribution in [3.63, 3.8) is 0 Å². The van der Waals surface area contributed by atoms with E-state index in [0.29, 0.717) is 4.67 Å². The Kier molecular flexibility index (Phi) is 5.04. The number of fused-ring (bicyclic) bond motifs is 1. The number of nitrogens with one attached hydrogen (secondary N) is 1. The zero-order valence-electron chi connectivity index (χ0n) is 13.3. The van der Waals surface area contributed by atoms with Gasteiger partial charge in [0.25, 0.3) is 5.91 Å². The number of carbonyl (C=O) groups excluding carboxylic acids is 2. The molecule has 1 amide bonds. The highest BCUT2D eigenvalue weighted by atomic mass is 79.9. The number of halogens is 1. The van der Waals surface area contributed by atoms with Gasteiger partial charge in [-0.3, -0.25) is 4.79 Å². The summed E-state index contributed by atoms with van der Waals surface area (Å²) in [6, 6.07) is 11.2. The molecule has 1 aromatic carbocycles. The summed E-state index contributed by atoms with van der Waals surface area (Å²) in [5.74, 6) is -0.910. The van der Waals surface area contributed by atoms with Gasteiger partial charge in [0.2, 0.25) is 5.76 Å². The minimum absolute atomic E-state index is 0.0404. The normalized spacial score (nSPS) is 17.7. The first kappa shape index (κ1) is 16.8. The number of hydrogen-bond acceptors (Lipinski definition) is 4. The van der Waals surface area contributed by atoms with Gasteiger partial charge in [0.1, 0.15) is 0 Å². The van der Waals surface area contributed by atoms with Crippen molar-refractivity contribution in [2.24, 2.45) is 0 Å². The second kappa shape index (κ2) is 7.21. The number of benzene rings is 1. The van der Waals surface area contributed by atoms with E-state index in [4.69, 9.17) is 9.15 Å². The van der Waals surface area contributed by atoms with Crippen LogP contribution in [0, 0.1) is 0 Å². The van der Waals surface area contributed by atoms with E-state index < -0.39 is 12.1 Å². The molecule has 2 aromatic rings. The van der Waals surface area contributed by atoms with Crippen LogP contribution in [0.4, 0.5) is 0 Å². The molecule has 0 saturated heterocycles. The van der Waals surface area contributed by atoms with E-state index in [1.807, 2.05) is 18.2 Å². The Hall–Kier alpha value is -2.08. The summed E-state index contributed by atoms with van der Waals surface area (Å²) in [6.45, 7) is 1.56. The molecule has 0 saturated carbocycles. The third-order valence-electron chi connectivity index (χ3n) is 4.11. The van der Waals surface area contributed by atoms with Crippen LogP contribution < -0.4 is 5.32 Å². The maximum atomic E-state index is 12.4. The largest absolute Gasteiger partial charge is 0.447 e. The molecule has 5 nitrogen and oxygen atoms in total. The average Bonchev–Trinajstić information content (AvgIpc) is 3.01. The predicted octanol–water partition coefficient (Wildman–Crippen LogP) is 3.78. The van der Waals surface area contributed by atoms with Gasteiger partial charge in [-0.25, -0.2) is 4.79 Å². The number of hydrogen-bond donors (Lipinski definition) is 1. The van der Waals surface area contributed by atoms with Gasteiger partial charge in [-0.15, -0.1) is 0 Å². The smallest absolute Gasteiger partial charge is 0.375 e. The van der Waals surface area contributed by atoms with Crippen LogP contribution in [-0.2, 0) is 16.0 Å². The number of furan rings is 1. The minimum Gasteiger partial charge on any atom is -0.447 e. The highest BCUT2D eigenvalue weighted by Gasteiger charge is 2.26. The topological polar surface area (TPSA) is 68.5 Å². The van der Waals surface area contributed by atoms with Crippen LogP contribution in [0.2, 0.25) is 0 Å². The van der Waals surface area contributed by atoms with Gasteiger partial charge in [0, 0.05) is 0 Å². The van der Waals surface area contributed by atoms with E-state index in [9.17, 15) is 9.59 Å². The number of aryl methyl sites for hydroxylation is 1. The third kappa shape index (κ3) is 3.70. The van der Waals surface area contributed by atoms with Crippen molar-refractivity contribution in [1.29, 1.82) is 0 Å². The Morgan fingerprint density at radius 2 is 2.08 bits per heavy atom. The molecule has 3 rings (SSSR count). The number of carbonyl (C=O) groups is 2. The maximum absolute atomic E-state index is 12.4. The van der Waals surface area contributed by atoms with E-state index in [1.165, 1.54) is 11.6 Å². The lowest BCUT2D eigenvalue weighted by Gasteiger charge is -2.27. The molecule has 0 fully saturated rings. The summed E-state index contributed by atoms with van der Waals surface area (Å²) in [5.41, 5.74) is 2.41. The van der Waals surface area contributed by atoms with Gasteiger partial charge in [-0.2, -0.15) is 0 Å². The Morgan fingerprint density at radius 1 is 1.29 bits per heavy atom. The Balaban J connectivity index is 1.62. The molecule has 0 aliphatic heterocycles. The molecule has 1 N–H and O–H groups in total. The van der Waals surface area contributed by atoms with E-state index in [-0.39, 0.29) is 17.7 Å². The molecule has 0 radical (unpaired) electrons. The molecular weight excluding hydrogens is 374 g/mol. The molecule has 1 aliphatic rings. The van der Waals surface area contributed by atoms with Crippen molar-refractivity contribution in [3.8, 4) is 0 Å². The number of esters is 1. The van der Waals surface area contributed by atoms with Crippen molar-refractivity contribution in [2.75, 3.05) is 0 Å². The first-order valence-corrected chi connectivity index (χ1v) is 8.68. The van der Waals surface area contributed by atoms with Gasteiger partial charge in [-0.05, 0) is 65.4 Å². The molecule has 6 heteroatoms. The fourth-order valence-electron chi connectivity index (χ4n) is 2.89. The van der Waals surface area contributed by atoms with Crippen LogP contribution in [0.3, 0.4) is 0 Å². The van der Waals surface area contributed by atoms with Gasteiger partial charge >= 0.3 is 5.97 Å². The third-order valence-corrected chi connectivity index (χ3v) is 4.54. The first-order chi connectivity index (χ1) is 11.5. The highest BCUT2D eigenvalue weighted by molar-refractivity contribution is 9.10. The van der Waals surface area contributed by atoms with Gasteiger partial charge in [0.15, 0.2) is 10.8 Å². The second-order valence-corrected chi connectivity index (χ2v) is 6.59. The molecule has 1 aromatic heterocycles. The summed E-state index contributed by atoms with van der Waals surface area (Å²) >= 11 is 3.12. The molecule has 24 heavy (non-hydrogen) atoms. The SMILES string of the molecule is C[C@H](OC(=O)c1ccc(Br)o1)C(=O)N[C@H]1CCCc2ccccc21. The number of ether oxygens (including phenoxy) is 1. The maximum Gasteiger partial charge on any atom is 0.375 e. The van der Waals surface area contributed by atoms with Gasteiger partial charge in [-0.1, -0.05) is 24.3 Å². The Morgan fingerprint density at radius 3 is 2.83 bits per heavy atom. The number of rotatable bonds is 4. The summed E-state index contributed by atoms with van der Waals surface area (Å²) in [6.07, 6.45) is 2.04. The molecule has 1 aliphatic carbocycles. The summed E-state index contributed by atoms with van der Waals surface area (Å²) < 4.78 is 10.7. The van der Waals surface area contributed by atoms with Crippen molar-refractivity contribution in [3.05, 3.63) is 58.0 Å². The van der Waals surface area contributed by atoms with Crippen LogP contribution in [0.1, 0.15) is 47.5 Å². The van der Waals surface area contributed by atoms with E-state index in [0.717, 1.165) is 24.8 Å². The lowest BCUT2D eigenvalue weighted by molar-refractivity contribution is -0.130. The molecule has 0 bridgehead atoms. The van der Waals surface area contributed by atoms with Gasteiger partial charge < -0.3 is 14.5 Å². The van der Waals surface area contributed by atoms with Gasteiger partial charge in [0.05, 0.1) is 6.04 Å². The molecule has 0 spiro atoms. The van der Waals surface area contributed by atoms with Crippen LogP contribution in [0.25, 0.3) is 0 Å². The predicted molar refractivity (Wildman–Crippen MR) is 91.5 cm³/mol. The Bertz CT molecular complexity index is 755. The van der Waals surface area contributed by atoms with Crippen molar-refractivity contribution >= 4 is 27.8 Å². The van der Waals surface area contributed by atoms with E-state index >= 15 is 0 Å². The molecular formula is C18H18BrNO4. The average molecular weight is 392 g/mol. The summed E-state index contributed by atoms with van der Waals surface area (Å²) in [5, 5.41) is 2.98. The molecule has 0 unspecified atom stereocenters. The van der Waals surface area contributed by atoms with Crippen molar-refractivity contribution < 1.29 is 18.7 Å². The number of amides is 1. The van der Waals surface area contributed by atoms with Crippen LogP contribution in [0.5, 0.6) is 0 Å².